The minimum atomic E-state index is -0.864. The van der Waals surface area contributed by atoms with Crippen LogP contribution in [0.3, 0.4) is 0 Å². The third-order valence-electron chi connectivity index (χ3n) is 5.68. The van der Waals surface area contributed by atoms with Gasteiger partial charge in [-0.15, -0.1) is 0 Å². The molecule has 7 heteroatoms. The second-order valence-corrected chi connectivity index (χ2v) is 8.76. The molecule has 2 atom stereocenters. The fraction of sp³-hybridized carbons (Fsp3) is 0.320. The van der Waals surface area contributed by atoms with Gasteiger partial charge in [-0.3, -0.25) is 9.59 Å². The Balaban J connectivity index is 1.79. The Kier molecular flexibility index (Phi) is 5.82. The Morgan fingerprint density at radius 1 is 1.19 bits per heavy atom. The number of hydrogen-bond acceptors (Lipinski definition) is 3. The minimum Gasteiger partial charge on any atom is -0.339 e. The van der Waals surface area contributed by atoms with Gasteiger partial charge < -0.3 is 10.6 Å². The third kappa shape index (κ3) is 4.15. The van der Waals surface area contributed by atoms with Gasteiger partial charge in [-0.05, 0) is 49.6 Å². The number of carbonyl (C=O) groups is 2. The lowest BCUT2D eigenvalue weighted by molar-refractivity contribution is -0.118. The van der Waals surface area contributed by atoms with Crippen LogP contribution in [0.5, 0.6) is 0 Å². The van der Waals surface area contributed by atoms with Crippen molar-refractivity contribution in [1.29, 1.82) is 0 Å². The lowest BCUT2D eigenvalue weighted by Gasteiger charge is -2.33. The van der Waals surface area contributed by atoms with Crippen molar-refractivity contribution >= 4 is 17.6 Å². The topological polar surface area (TPSA) is 76.0 Å². The van der Waals surface area contributed by atoms with Gasteiger partial charge in [0.05, 0.1) is 5.69 Å². The lowest BCUT2D eigenvalue weighted by atomic mass is 9.82. The Hall–Kier alpha value is -3.48. The molecule has 0 unspecified atom stereocenters. The first-order valence-corrected chi connectivity index (χ1v) is 10.8. The second kappa shape index (κ2) is 8.57. The average Bonchev–Trinajstić information content (AvgIpc) is 3.03. The number of halogens is 1. The largest absolute Gasteiger partial charge is 0.339 e. The van der Waals surface area contributed by atoms with Gasteiger partial charge in [0.25, 0.3) is 5.91 Å². The first-order valence-electron chi connectivity index (χ1n) is 10.8. The van der Waals surface area contributed by atoms with Crippen LogP contribution >= 0.6 is 0 Å². The van der Waals surface area contributed by atoms with Crippen LogP contribution in [-0.4, -0.2) is 27.6 Å². The zero-order valence-corrected chi connectivity index (χ0v) is 18.6. The highest BCUT2D eigenvalue weighted by molar-refractivity contribution is 6.04. The van der Waals surface area contributed by atoms with Crippen LogP contribution in [0.25, 0.3) is 0 Å². The standard InChI is InChI=1S/C25H27FN4O2/c1-14(2)13-30-23-20(16(4)29-30)21(17-8-10-19(26)11-9-17)22(25(32)28-23)27-24(31)18-7-5-6-15(3)12-18/h5-12,14,21-22H,13H2,1-4H3,(H,27,31)(H,28,32)/t21-,22-/m0/s1. The number of nitrogens with zero attached hydrogens (tertiary/aromatic N) is 2. The number of aryl methyl sites for hydroxylation is 2. The number of amides is 2. The number of benzene rings is 2. The molecule has 3 aromatic rings. The van der Waals surface area contributed by atoms with Crippen LogP contribution in [0.2, 0.25) is 0 Å². The quantitative estimate of drug-likeness (QED) is 0.633. The van der Waals surface area contributed by atoms with Crippen molar-refractivity contribution in [2.24, 2.45) is 5.92 Å². The predicted octanol–water partition coefficient (Wildman–Crippen LogP) is 4.18. The molecule has 1 aromatic heterocycles. The van der Waals surface area contributed by atoms with Gasteiger partial charge in [-0.2, -0.15) is 5.10 Å². The molecule has 166 valence electrons. The van der Waals surface area contributed by atoms with Crippen molar-refractivity contribution in [3.8, 4) is 0 Å². The van der Waals surface area contributed by atoms with E-state index >= 15 is 0 Å². The Bertz CT molecular complexity index is 1170. The summed E-state index contributed by atoms with van der Waals surface area (Å²) in [5.41, 5.74) is 3.78. The lowest BCUT2D eigenvalue weighted by Crippen LogP contribution is -2.50. The van der Waals surface area contributed by atoms with E-state index in [1.54, 1.807) is 30.3 Å². The highest BCUT2D eigenvalue weighted by Gasteiger charge is 2.41. The summed E-state index contributed by atoms with van der Waals surface area (Å²) >= 11 is 0. The molecule has 0 fully saturated rings. The number of carbonyl (C=O) groups excluding carboxylic acids is 2. The first kappa shape index (κ1) is 21.7. The van der Waals surface area contributed by atoms with Crippen molar-refractivity contribution in [2.45, 2.75) is 46.2 Å². The van der Waals surface area contributed by atoms with Crippen molar-refractivity contribution in [1.82, 2.24) is 15.1 Å². The highest BCUT2D eigenvalue weighted by Crippen LogP contribution is 2.40. The molecular formula is C25H27FN4O2. The molecule has 1 aliphatic rings. The fourth-order valence-corrected chi connectivity index (χ4v) is 4.28. The van der Waals surface area contributed by atoms with E-state index in [0.717, 1.165) is 22.4 Å². The Morgan fingerprint density at radius 2 is 1.91 bits per heavy atom. The van der Waals surface area contributed by atoms with Crippen molar-refractivity contribution in [2.75, 3.05) is 5.32 Å². The predicted molar refractivity (Wildman–Crippen MR) is 121 cm³/mol. The molecule has 2 N–H and O–H groups in total. The van der Waals surface area contributed by atoms with Crippen LogP contribution in [-0.2, 0) is 11.3 Å². The van der Waals surface area contributed by atoms with E-state index in [1.807, 2.05) is 24.6 Å². The fourth-order valence-electron chi connectivity index (χ4n) is 4.28. The molecule has 1 aliphatic heterocycles. The van der Waals surface area contributed by atoms with E-state index in [1.165, 1.54) is 12.1 Å². The Morgan fingerprint density at radius 3 is 2.56 bits per heavy atom. The van der Waals surface area contributed by atoms with E-state index in [0.29, 0.717) is 23.8 Å². The molecule has 2 amide bonds. The van der Waals surface area contributed by atoms with Gasteiger partial charge in [0, 0.05) is 23.6 Å². The van der Waals surface area contributed by atoms with E-state index in [-0.39, 0.29) is 17.6 Å². The monoisotopic (exact) mass is 434 g/mol. The average molecular weight is 435 g/mol. The maximum atomic E-state index is 13.7. The minimum absolute atomic E-state index is 0.322. The highest BCUT2D eigenvalue weighted by atomic mass is 19.1. The molecule has 0 saturated carbocycles. The number of fused-ring (bicyclic) bond motifs is 1. The van der Waals surface area contributed by atoms with Crippen LogP contribution in [0.4, 0.5) is 10.2 Å². The van der Waals surface area contributed by atoms with Crippen LogP contribution < -0.4 is 10.6 Å². The zero-order chi connectivity index (χ0) is 23.0. The van der Waals surface area contributed by atoms with Gasteiger partial charge in [0.15, 0.2) is 0 Å². The van der Waals surface area contributed by atoms with Gasteiger partial charge in [0.2, 0.25) is 5.91 Å². The van der Waals surface area contributed by atoms with E-state index in [4.69, 9.17) is 0 Å². The molecular weight excluding hydrogens is 407 g/mol. The maximum Gasteiger partial charge on any atom is 0.251 e. The summed E-state index contributed by atoms with van der Waals surface area (Å²) in [6.45, 7) is 8.60. The normalized spacial score (nSPS) is 17.8. The van der Waals surface area contributed by atoms with E-state index in [2.05, 4.69) is 29.6 Å². The number of hydrogen-bond donors (Lipinski definition) is 2. The zero-order valence-electron chi connectivity index (χ0n) is 18.6. The molecule has 32 heavy (non-hydrogen) atoms. The summed E-state index contributed by atoms with van der Waals surface area (Å²) < 4.78 is 15.5. The van der Waals surface area contributed by atoms with Crippen molar-refractivity contribution in [3.05, 3.63) is 82.3 Å². The number of nitrogens with one attached hydrogen (secondary N) is 2. The summed E-state index contributed by atoms with van der Waals surface area (Å²) in [7, 11) is 0. The second-order valence-electron chi connectivity index (χ2n) is 8.76. The van der Waals surface area contributed by atoms with Crippen molar-refractivity contribution < 1.29 is 14.0 Å². The maximum absolute atomic E-state index is 13.7. The SMILES string of the molecule is Cc1cccc(C(=O)N[C@@H]2C(=O)Nc3c(c(C)nn3CC(C)C)[C@@H]2c2ccc(F)cc2)c1. The first-order chi connectivity index (χ1) is 15.2. The van der Waals surface area contributed by atoms with Crippen LogP contribution in [0.1, 0.15) is 52.5 Å². The van der Waals surface area contributed by atoms with Crippen molar-refractivity contribution in [3.63, 3.8) is 0 Å². The summed E-state index contributed by atoms with van der Waals surface area (Å²) in [5, 5.41) is 10.5. The van der Waals surface area contributed by atoms with Gasteiger partial charge in [-0.1, -0.05) is 43.7 Å². The van der Waals surface area contributed by atoms with E-state index < -0.39 is 12.0 Å². The molecule has 2 heterocycles. The molecule has 4 rings (SSSR count). The number of aromatic nitrogens is 2. The molecule has 2 aromatic carbocycles. The molecule has 0 aliphatic carbocycles. The molecule has 0 saturated heterocycles. The summed E-state index contributed by atoms with van der Waals surface area (Å²) in [5.74, 6) is -0.542. The Labute approximate surface area is 186 Å². The van der Waals surface area contributed by atoms with E-state index in [9.17, 15) is 14.0 Å². The summed E-state index contributed by atoms with van der Waals surface area (Å²) in [6.07, 6.45) is 0. The van der Waals surface area contributed by atoms with Gasteiger partial charge in [-0.25, -0.2) is 9.07 Å². The number of anilines is 1. The molecule has 6 nitrogen and oxygen atoms in total. The van der Waals surface area contributed by atoms with Crippen LogP contribution in [0.15, 0.2) is 48.5 Å². The third-order valence-corrected chi connectivity index (χ3v) is 5.68. The molecule has 0 bridgehead atoms. The molecule has 0 spiro atoms. The number of rotatable bonds is 5. The summed E-state index contributed by atoms with van der Waals surface area (Å²) in [6, 6.07) is 12.4. The smallest absolute Gasteiger partial charge is 0.251 e. The van der Waals surface area contributed by atoms with Gasteiger partial charge >= 0.3 is 0 Å². The summed E-state index contributed by atoms with van der Waals surface area (Å²) in [4.78, 5) is 26.3. The van der Waals surface area contributed by atoms with Gasteiger partial charge in [0.1, 0.15) is 17.7 Å². The molecule has 0 radical (unpaired) electrons. The van der Waals surface area contributed by atoms with Crippen LogP contribution in [0, 0.1) is 25.6 Å².